The van der Waals surface area contributed by atoms with Gasteiger partial charge in [-0.3, -0.25) is 11.3 Å². The SMILES string of the molecule is C=C(C)/C=C\C(=C)NN.N=C(N)Cc1ccc(Br)cc1. The van der Waals surface area contributed by atoms with Gasteiger partial charge < -0.3 is 11.2 Å². The molecule has 0 atom stereocenters. The van der Waals surface area contributed by atoms with E-state index in [1.807, 2.05) is 37.3 Å². The monoisotopic (exact) mass is 336 g/mol. The van der Waals surface area contributed by atoms with Crippen LogP contribution in [0, 0.1) is 5.41 Å². The molecule has 0 heterocycles. The molecule has 0 saturated carbocycles. The van der Waals surface area contributed by atoms with E-state index in [0.29, 0.717) is 12.1 Å². The number of nitrogens with one attached hydrogen (secondary N) is 2. The summed E-state index contributed by atoms with van der Waals surface area (Å²) in [6, 6.07) is 7.79. The summed E-state index contributed by atoms with van der Waals surface area (Å²) in [6.07, 6.45) is 4.14. The van der Waals surface area contributed by atoms with Gasteiger partial charge >= 0.3 is 0 Å². The van der Waals surface area contributed by atoms with Crippen molar-refractivity contribution >= 4 is 21.8 Å². The Balaban J connectivity index is 0.000000370. The highest BCUT2D eigenvalue weighted by Crippen LogP contribution is 2.10. The van der Waals surface area contributed by atoms with Crippen LogP contribution >= 0.6 is 15.9 Å². The van der Waals surface area contributed by atoms with E-state index >= 15 is 0 Å². The van der Waals surface area contributed by atoms with E-state index < -0.39 is 0 Å². The van der Waals surface area contributed by atoms with Gasteiger partial charge in [-0.05, 0) is 30.7 Å². The number of benzene rings is 1. The van der Waals surface area contributed by atoms with Gasteiger partial charge in [0.25, 0.3) is 0 Å². The molecule has 0 unspecified atom stereocenters. The first-order valence-electron chi connectivity index (χ1n) is 5.91. The van der Waals surface area contributed by atoms with Crippen LogP contribution in [0.2, 0.25) is 0 Å². The van der Waals surface area contributed by atoms with Crippen molar-refractivity contribution in [2.75, 3.05) is 0 Å². The van der Waals surface area contributed by atoms with E-state index in [0.717, 1.165) is 15.6 Å². The van der Waals surface area contributed by atoms with Gasteiger partial charge in [0, 0.05) is 16.6 Å². The first-order valence-corrected chi connectivity index (χ1v) is 6.71. The van der Waals surface area contributed by atoms with Gasteiger partial charge in [-0.15, -0.1) is 0 Å². The summed E-state index contributed by atoms with van der Waals surface area (Å²) in [7, 11) is 0. The summed E-state index contributed by atoms with van der Waals surface area (Å²) in [5.41, 5.74) is 10.4. The van der Waals surface area contributed by atoms with Crippen molar-refractivity contribution in [2.24, 2.45) is 11.6 Å². The number of allylic oxidation sites excluding steroid dienone is 3. The minimum atomic E-state index is 0.201. The largest absolute Gasteiger partial charge is 0.387 e. The second-order valence-electron chi connectivity index (χ2n) is 4.18. The van der Waals surface area contributed by atoms with Crippen LogP contribution in [0.15, 0.2) is 65.3 Å². The van der Waals surface area contributed by atoms with Crippen LogP contribution < -0.4 is 17.0 Å². The molecule has 108 valence electrons. The molecule has 1 aromatic rings. The number of hydrogen-bond donors (Lipinski definition) is 4. The maximum absolute atomic E-state index is 7.05. The molecule has 1 aromatic carbocycles. The van der Waals surface area contributed by atoms with Crippen LogP contribution in [0.1, 0.15) is 12.5 Å². The smallest absolute Gasteiger partial charge is 0.0950 e. The van der Waals surface area contributed by atoms with Crippen LogP contribution in [0.5, 0.6) is 0 Å². The highest BCUT2D eigenvalue weighted by atomic mass is 79.9. The lowest BCUT2D eigenvalue weighted by Crippen LogP contribution is -2.18. The third-order valence-corrected chi connectivity index (χ3v) is 2.59. The van der Waals surface area contributed by atoms with Gasteiger partial charge in [-0.25, -0.2) is 0 Å². The Morgan fingerprint density at radius 1 is 1.30 bits per heavy atom. The molecule has 0 radical (unpaired) electrons. The number of nitrogens with two attached hydrogens (primary N) is 2. The molecule has 5 heteroatoms. The predicted molar refractivity (Wildman–Crippen MR) is 90.2 cm³/mol. The van der Waals surface area contributed by atoms with E-state index in [2.05, 4.69) is 34.5 Å². The van der Waals surface area contributed by atoms with Crippen LogP contribution in [0.3, 0.4) is 0 Å². The molecule has 1 rings (SSSR count). The summed E-state index contributed by atoms with van der Waals surface area (Å²) in [4.78, 5) is 0. The normalized spacial score (nSPS) is 9.55. The van der Waals surface area contributed by atoms with Crippen LogP contribution in [-0.2, 0) is 6.42 Å². The number of amidine groups is 1. The standard InChI is InChI=1S/C8H9BrN2.C7H12N2/c9-7-3-1-6(2-4-7)5-8(10)11;1-6(2)4-5-7(3)9-8/h1-4H,5H2,(H3,10,11);4-5,9H,1,3,8H2,2H3/b;5-4-. The summed E-state index contributed by atoms with van der Waals surface area (Å²) >= 11 is 3.33. The van der Waals surface area contributed by atoms with Crippen LogP contribution in [-0.4, -0.2) is 5.84 Å². The van der Waals surface area contributed by atoms with Gasteiger partial charge in [-0.2, -0.15) is 0 Å². The molecule has 0 aliphatic heterocycles. The first kappa shape index (κ1) is 18.1. The van der Waals surface area contributed by atoms with Crippen molar-refractivity contribution in [1.29, 1.82) is 5.41 Å². The van der Waals surface area contributed by atoms with Crippen molar-refractivity contribution in [2.45, 2.75) is 13.3 Å². The highest BCUT2D eigenvalue weighted by molar-refractivity contribution is 9.10. The van der Waals surface area contributed by atoms with Gasteiger partial charge in [0.2, 0.25) is 0 Å². The minimum Gasteiger partial charge on any atom is -0.387 e. The van der Waals surface area contributed by atoms with Crippen molar-refractivity contribution in [3.8, 4) is 0 Å². The first-order chi connectivity index (χ1) is 9.35. The maximum atomic E-state index is 7.05. The molecular formula is C15H21BrN4. The molecule has 0 aromatic heterocycles. The van der Waals surface area contributed by atoms with Gasteiger partial charge in [0.1, 0.15) is 0 Å². The molecule has 0 bridgehead atoms. The zero-order valence-electron chi connectivity index (χ0n) is 11.6. The highest BCUT2D eigenvalue weighted by Gasteiger charge is 1.93. The number of halogens is 1. The van der Waals surface area contributed by atoms with Crippen LogP contribution in [0.4, 0.5) is 0 Å². The number of hydrazine groups is 1. The van der Waals surface area contributed by atoms with Gasteiger partial charge in [0.15, 0.2) is 0 Å². The fourth-order valence-corrected chi connectivity index (χ4v) is 1.38. The molecule has 0 fully saturated rings. The fraction of sp³-hybridized carbons (Fsp3) is 0.133. The molecule has 0 spiro atoms. The topological polar surface area (TPSA) is 87.9 Å². The third-order valence-electron chi connectivity index (χ3n) is 2.06. The number of rotatable bonds is 5. The lowest BCUT2D eigenvalue weighted by molar-refractivity contribution is 0.921. The van der Waals surface area contributed by atoms with E-state index in [-0.39, 0.29) is 5.84 Å². The molecular weight excluding hydrogens is 316 g/mol. The molecule has 0 amide bonds. The lowest BCUT2D eigenvalue weighted by Gasteiger charge is -1.97. The average molecular weight is 337 g/mol. The summed E-state index contributed by atoms with van der Waals surface area (Å²) < 4.78 is 1.05. The molecule has 6 N–H and O–H groups in total. The minimum absolute atomic E-state index is 0.201. The van der Waals surface area contributed by atoms with Crippen molar-refractivity contribution in [3.63, 3.8) is 0 Å². The zero-order valence-corrected chi connectivity index (χ0v) is 13.2. The molecule has 0 aliphatic carbocycles. The van der Waals surface area contributed by atoms with E-state index in [4.69, 9.17) is 17.0 Å². The molecule has 0 saturated heterocycles. The maximum Gasteiger partial charge on any atom is 0.0950 e. The Hall–Kier alpha value is -1.85. The molecule has 4 nitrogen and oxygen atoms in total. The molecule has 0 aliphatic rings. The predicted octanol–water partition coefficient (Wildman–Crippen LogP) is 3.02. The van der Waals surface area contributed by atoms with Gasteiger partial charge in [-0.1, -0.05) is 52.9 Å². The second kappa shape index (κ2) is 10.00. The van der Waals surface area contributed by atoms with E-state index in [1.54, 1.807) is 6.08 Å². The van der Waals surface area contributed by atoms with Crippen molar-refractivity contribution < 1.29 is 0 Å². The Morgan fingerprint density at radius 3 is 2.25 bits per heavy atom. The second-order valence-corrected chi connectivity index (χ2v) is 5.09. The Morgan fingerprint density at radius 2 is 1.85 bits per heavy atom. The van der Waals surface area contributed by atoms with E-state index in [9.17, 15) is 0 Å². The third kappa shape index (κ3) is 10.1. The summed E-state index contributed by atoms with van der Waals surface area (Å²) in [5.74, 6) is 5.23. The fourth-order valence-electron chi connectivity index (χ4n) is 1.11. The van der Waals surface area contributed by atoms with Crippen LogP contribution in [0.25, 0.3) is 0 Å². The Labute approximate surface area is 128 Å². The quantitative estimate of drug-likeness (QED) is 0.219. The Bertz CT molecular complexity index is 489. The summed E-state index contributed by atoms with van der Waals surface area (Å²) in [5, 5.41) is 7.05. The molecule has 20 heavy (non-hydrogen) atoms. The number of hydrogen-bond acceptors (Lipinski definition) is 3. The summed E-state index contributed by atoms with van der Waals surface area (Å²) in [6.45, 7) is 9.15. The van der Waals surface area contributed by atoms with E-state index in [1.165, 1.54) is 0 Å². The van der Waals surface area contributed by atoms with Crippen molar-refractivity contribution in [1.82, 2.24) is 5.43 Å². The zero-order chi connectivity index (χ0) is 15.5. The van der Waals surface area contributed by atoms with Gasteiger partial charge in [0.05, 0.1) is 5.84 Å². The Kier molecular flexibility index (Phi) is 9.07. The average Bonchev–Trinajstić information content (AvgIpc) is 2.39. The lowest BCUT2D eigenvalue weighted by atomic mass is 10.1. The van der Waals surface area contributed by atoms with Crippen molar-refractivity contribution in [3.05, 3.63) is 70.9 Å².